The van der Waals surface area contributed by atoms with Crippen LogP contribution in [-0.2, 0) is 7.05 Å². The zero-order chi connectivity index (χ0) is 15.7. The summed E-state index contributed by atoms with van der Waals surface area (Å²) in [5.41, 5.74) is 3.06. The van der Waals surface area contributed by atoms with Gasteiger partial charge in [0.2, 0.25) is 0 Å². The molecule has 1 N–H and O–H groups in total. The van der Waals surface area contributed by atoms with Gasteiger partial charge in [0.25, 0.3) is 5.91 Å². The number of benzene rings is 1. The van der Waals surface area contributed by atoms with Crippen LogP contribution in [0.1, 0.15) is 21.7 Å². The Bertz CT molecular complexity index is 832. The second-order valence-electron chi connectivity index (χ2n) is 5.14. The van der Waals surface area contributed by atoms with Crippen molar-refractivity contribution in [1.82, 2.24) is 24.8 Å². The highest BCUT2D eigenvalue weighted by Gasteiger charge is 2.14. The van der Waals surface area contributed by atoms with Crippen molar-refractivity contribution in [2.75, 3.05) is 5.32 Å². The van der Waals surface area contributed by atoms with E-state index in [1.54, 1.807) is 28.7 Å². The van der Waals surface area contributed by atoms with Crippen LogP contribution >= 0.6 is 0 Å². The molecule has 0 radical (unpaired) electrons. The van der Waals surface area contributed by atoms with Crippen LogP contribution in [0.2, 0.25) is 0 Å². The topological polar surface area (TPSA) is 77.6 Å². The minimum atomic E-state index is -0.318. The molecule has 7 heteroatoms. The van der Waals surface area contributed by atoms with Crippen LogP contribution in [0.25, 0.3) is 5.69 Å². The van der Waals surface area contributed by atoms with Crippen LogP contribution in [0.15, 0.2) is 36.5 Å². The first kappa shape index (κ1) is 14.0. The molecule has 0 aliphatic rings. The molecule has 0 saturated carbocycles. The van der Waals surface area contributed by atoms with Gasteiger partial charge < -0.3 is 5.32 Å². The van der Waals surface area contributed by atoms with Crippen molar-refractivity contribution in [3.8, 4) is 5.69 Å². The molecule has 1 aromatic carbocycles. The van der Waals surface area contributed by atoms with E-state index in [-0.39, 0.29) is 11.6 Å². The first-order valence-electron chi connectivity index (χ1n) is 6.84. The first-order chi connectivity index (χ1) is 10.5. The SMILES string of the molecule is Cc1cccc(-n2cc(C(=O)Nc3cc(C)nn3C)nn2)c1. The van der Waals surface area contributed by atoms with Crippen LogP contribution in [-0.4, -0.2) is 30.7 Å². The van der Waals surface area contributed by atoms with Gasteiger partial charge in [0.15, 0.2) is 5.69 Å². The lowest BCUT2D eigenvalue weighted by molar-refractivity contribution is 0.102. The normalized spacial score (nSPS) is 10.7. The largest absolute Gasteiger partial charge is 0.305 e. The van der Waals surface area contributed by atoms with Crippen LogP contribution in [0.4, 0.5) is 5.82 Å². The van der Waals surface area contributed by atoms with E-state index >= 15 is 0 Å². The van der Waals surface area contributed by atoms with Crippen LogP contribution in [0.5, 0.6) is 0 Å². The quantitative estimate of drug-likeness (QED) is 0.800. The van der Waals surface area contributed by atoms with Gasteiger partial charge >= 0.3 is 0 Å². The molecule has 3 rings (SSSR count). The van der Waals surface area contributed by atoms with E-state index in [2.05, 4.69) is 20.7 Å². The summed E-state index contributed by atoms with van der Waals surface area (Å²) in [5.74, 6) is 0.300. The van der Waals surface area contributed by atoms with Gasteiger partial charge in [-0.25, -0.2) is 4.68 Å². The molecule has 0 atom stereocenters. The Morgan fingerprint density at radius 1 is 1.23 bits per heavy atom. The van der Waals surface area contributed by atoms with Crippen LogP contribution in [0, 0.1) is 13.8 Å². The van der Waals surface area contributed by atoms with E-state index in [0.717, 1.165) is 16.9 Å². The molecular formula is C15H16N6O. The van der Waals surface area contributed by atoms with Gasteiger partial charge in [-0.05, 0) is 31.5 Å². The van der Waals surface area contributed by atoms with Crippen LogP contribution in [0.3, 0.4) is 0 Å². The molecule has 0 unspecified atom stereocenters. The molecule has 0 fully saturated rings. The lowest BCUT2D eigenvalue weighted by atomic mass is 10.2. The summed E-state index contributed by atoms with van der Waals surface area (Å²) in [7, 11) is 1.77. The summed E-state index contributed by atoms with van der Waals surface area (Å²) in [5, 5.41) is 14.9. The minimum absolute atomic E-state index is 0.250. The number of hydrogen-bond acceptors (Lipinski definition) is 4. The van der Waals surface area contributed by atoms with Crippen LogP contribution < -0.4 is 5.32 Å². The third-order valence-corrected chi connectivity index (χ3v) is 3.24. The predicted molar refractivity (Wildman–Crippen MR) is 82.0 cm³/mol. The lowest BCUT2D eigenvalue weighted by Crippen LogP contribution is -2.15. The number of aromatic nitrogens is 5. The van der Waals surface area contributed by atoms with Gasteiger partial charge in [-0.1, -0.05) is 17.3 Å². The number of carbonyl (C=O) groups is 1. The fourth-order valence-corrected chi connectivity index (χ4v) is 2.17. The summed E-state index contributed by atoms with van der Waals surface area (Å²) in [4.78, 5) is 12.2. The Balaban J connectivity index is 1.81. The van der Waals surface area contributed by atoms with E-state index in [9.17, 15) is 4.79 Å². The third kappa shape index (κ3) is 2.73. The summed E-state index contributed by atoms with van der Waals surface area (Å²) >= 11 is 0. The average Bonchev–Trinajstić information content (AvgIpc) is 3.06. The maximum atomic E-state index is 12.2. The van der Waals surface area contributed by atoms with Gasteiger partial charge in [0.05, 0.1) is 17.6 Å². The summed E-state index contributed by atoms with van der Waals surface area (Å²) < 4.78 is 3.19. The van der Waals surface area contributed by atoms with Crippen molar-refractivity contribution in [3.05, 3.63) is 53.5 Å². The van der Waals surface area contributed by atoms with E-state index in [1.165, 1.54) is 0 Å². The first-order valence-corrected chi connectivity index (χ1v) is 6.84. The molecular weight excluding hydrogens is 280 g/mol. The number of rotatable bonds is 3. The Kier molecular flexibility index (Phi) is 3.46. The molecule has 22 heavy (non-hydrogen) atoms. The zero-order valence-corrected chi connectivity index (χ0v) is 12.6. The Morgan fingerprint density at radius 2 is 2.05 bits per heavy atom. The number of nitrogens with one attached hydrogen (secondary N) is 1. The van der Waals surface area contributed by atoms with Gasteiger partial charge in [-0.15, -0.1) is 5.10 Å². The number of amides is 1. The maximum absolute atomic E-state index is 12.2. The summed E-state index contributed by atoms with van der Waals surface area (Å²) in [6, 6.07) is 9.61. The van der Waals surface area contributed by atoms with Crippen molar-refractivity contribution >= 4 is 11.7 Å². The summed E-state index contributed by atoms with van der Waals surface area (Å²) in [6.45, 7) is 3.86. The number of nitrogens with zero attached hydrogens (tertiary/aromatic N) is 5. The van der Waals surface area contributed by atoms with Crippen molar-refractivity contribution in [3.63, 3.8) is 0 Å². The number of aryl methyl sites for hydroxylation is 3. The molecule has 3 aromatic rings. The molecule has 0 spiro atoms. The Morgan fingerprint density at radius 3 is 2.73 bits per heavy atom. The molecule has 2 aromatic heterocycles. The van der Waals surface area contributed by atoms with Gasteiger partial charge in [-0.3, -0.25) is 9.48 Å². The fourth-order valence-electron chi connectivity index (χ4n) is 2.17. The van der Waals surface area contributed by atoms with Crippen molar-refractivity contribution in [1.29, 1.82) is 0 Å². The molecule has 0 bridgehead atoms. The van der Waals surface area contributed by atoms with E-state index in [0.29, 0.717) is 5.82 Å². The third-order valence-electron chi connectivity index (χ3n) is 3.24. The molecule has 0 aliphatic heterocycles. The van der Waals surface area contributed by atoms with Crippen molar-refractivity contribution < 1.29 is 4.79 Å². The zero-order valence-electron chi connectivity index (χ0n) is 12.6. The molecule has 0 saturated heterocycles. The molecule has 1 amide bonds. The molecule has 112 valence electrons. The molecule has 0 aliphatic carbocycles. The van der Waals surface area contributed by atoms with Gasteiger partial charge in [0, 0.05) is 13.1 Å². The monoisotopic (exact) mass is 296 g/mol. The molecule has 2 heterocycles. The van der Waals surface area contributed by atoms with Crippen molar-refractivity contribution in [2.45, 2.75) is 13.8 Å². The second kappa shape index (κ2) is 5.44. The minimum Gasteiger partial charge on any atom is -0.305 e. The van der Waals surface area contributed by atoms with Gasteiger partial charge in [-0.2, -0.15) is 5.10 Å². The highest BCUT2D eigenvalue weighted by molar-refractivity contribution is 6.02. The highest BCUT2D eigenvalue weighted by atomic mass is 16.2. The Hall–Kier alpha value is -2.96. The maximum Gasteiger partial charge on any atom is 0.279 e. The predicted octanol–water partition coefficient (Wildman–Crippen LogP) is 1.87. The highest BCUT2D eigenvalue weighted by Crippen LogP contribution is 2.12. The van der Waals surface area contributed by atoms with E-state index in [1.807, 2.05) is 38.1 Å². The van der Waals surface area contributed by atoms with E-state index in [4.69, 9.17) is 0 Å². The molecule has 7 nitrogen and oxygen atoms in total. The van der Waals surface area contributed by atoms with E-state index < -0.39 is 0 Å². The number of carbonyl (C=O) groups excluding carboxylic acids is 1. The smallest absolute Gasteiger partial charge is 0.279 e. The summed E-state index contributed by atoms with van der Waals surface area (Å²) in [6.07, 6.45) is 1.60. The number of hydrogen-bond donors (Lipinski definition) is 1. The second-order valence-corrected chi connectivity index (χ2v) is 5.14. The standard InChI is InChI=1S/C15H16N6O/c1-10-5-4-6-12(7-10)21-9-13(17-19-21)15(22)16-14-8-11(2)18-20(14)3/h4-9H,1-3H3,(H,16,22). The van der Waals surface area contributed by atoms with Gasteiger partial charge in [0.1, 0.15) is 5.82 Å². The average molecular weight is 296 g/mol. The lowest BCUT2D eigenvalue weighted by Gasteiger charge is -2.02. The number of anilines is 1. The Labute approximate surface area is 127 Å². The fraction of sp³-hybridized carbons (Fsp3) is 0.200. The van der Waals surface area contributed by atoms with Crippen molar-refractivity contribution in [2.24, 2.45) is 7.05 Å².